The van der Waals surface area contributed by atoms with Gasteiger partial charge in [-0.2, -0.15) is 0 Å². The Bertz CT molecular complexity index is 392. The van der Waals surface area contributed by atoms with Crippen molar-refractivity contribution < 1.29 is 0 Å². The number of benzene rings is 1. The largest absolute Gasteiger partial charge is 0.371 e. The summed E-state index contributed by atoms with van der Waals surface area (Å²) in [5.74, 6) is 0.615. The predicted octanol–water partition coefficient (Wildman–Crippen LogP) is 3.78. The van der Waals surface area contributed by atoms with Crippen LogP contribution in [0.4, 0.5) is 5.69 Å². The first-order valence-electron chi connectivity index (χ1n) is 7.58. The summed E-state index contributed by atoms with van der Waals surface area (Å²) in [5, 5.41) is 3.63. The summed E-state index contributed by atoms with van der Waals surface area (Å²) in [5.41, 5.74) is 3.07. The van der Waals surface area contributed by atoms with E-state index >= 15 is 0 Å². The number of anilines is 1. The van der Waals surface area contributed by atoms with Crippen molar-refractivity contribution in [1.29, 1.82) is 0 Å². The van der Waals surface area contributed by atoms with Gasteiger partial charge in [0, 0.05) is 24.3 Å². The Balaban J connectivity index is 2.07. The molecule has 0 radical (unpaired) electrons. The summed E-state index contributed by atoms with van der Waals surface area (Å²) >= 11 is 0. The highest BCUT2D eigenvalue weighted by atomic mass is 15.1. The van der Waals surface area contributed by atoms with Crippen LogP contribution >= 0.6 is 0 Å². The molecule has 0 unspecified atom stereocenters. The number of nitrogens with zero attached hydrogens (tertiary/aromatic N) is 1. The van der Waals surface area contributed by atoms with Crippen LogP contribution in [0, 0.1) is 0 Å². The smallest absolute Gasteiger partial charge is 0.0366 e. The van der Waals surface area contributed by atoms with E-state index in [0.717, 1.165) is 19.6 Å². The van der Waals surface area contributed by atoms with E-state index < -0.39 is 0 Å². The average Bonchev–Trinajstić information content (AvgIpc) is 2.36. The van der Waals surface area contributed by atoms with Gasteiger partial charge in [0.15, 0.2) is 0 Å². The third-order valence-electron chi connectivity index (χ3n) is 4.14. The molecule has 1 heterocycles. The maximum Gasteiger partial charge on any atom is 0.0366 e. The topological polar surface area (TPSA) is 15.3 Å². The molecule has 2 nitrogen and oxygen atoms in total. The molecule has 0 saturated carbocycles. The average molecular weight is 260 g/mol. The van der Waals surface area contributed by atoms with Gasteiger partial charge in [0.2, 0.25) is 0 Å². The third kappa shape index (κ3) is 3.97. The van der Waals surface area contributed by atoms with Gasteiger partial charge in [0.25, 0.3) is 0 Å². The SMILES string of the molecule is CC(C)c1ccc(N2CCCNC(C)(C)CC2)cc1. The van der Waals surface area contributed by atoms with E-state index in [1.807, 2.05) is 0 Å². The molecule has 1 aliphatic rings. The standard InChI is InChI=1S/C17H28N2/c1-14(2)15-6-8-16(9-7-15)19-12-5-11-18-17(3,4)10-13-19/h6-9,14,18H,5,10-13H2,1-4H3. The Hall–Kier alpha value is -1.02. The van der Waals surface area contributed by atoms with Crippen molar-refractivity contribution in [3.8, 4) is 0 Å². The Kier molecular flexibility index (Phi) is 4.51. The summed E-state index contributed by atoms with van der Waals surface area (Å²) in [4.78, 5) is 2.53. The zero-order valence-electron chi connectivity index (χ0n) is 12.9. The van der Waals surface area contributed by atoms with Crippen molar-refractivity contribution in [1.82, 2.24) is 5.32 Å². The van der Waals surface area contributed by atoms with Gasteiger partial charge in [-0.05, 0) is 56.8 Å². The van der Waals surface area contributed by atoms with Gasteiger partial charge in [0.1, 0.15) is 0 Å². The highest BCUT2D eigenvalue weighted by Gasteiger charge is 2.20. The lowest BCUT2D eigenvalue weighted by Gasteiger charge is -2.35. The first kappa shape index (κ1) is 14.4. The summed E-state index contributed by atoms with van der Waals surface area (Å²) in [6.45, 7) is 12.5. The van der Waals surface area contributed by atoms with Crippen LogP contribution in [0.15, 0.2) is 24.3 Å². The van der Waals surface area contributed by atoms with Crippen molar-refractivity contribution in [3.05, 3.63) is 29.8 Å². The second-order valence-corrected chi connectivity index (χ2v) is 6.65. The van der Waals surface area contributed by atoms with Crippen LogP contribution in [-0.2, 0) is 0 Å². The van der Waals surface area contributed by atoms with Gasteiger partial charge in [0.05, 0.1) is 0 Å². The molecule has 1 fully saturated rings. The first-order valence-corrected chi connectivity index (χ1v) is 7.58. The Morgan fingerprint density at radius 2 is 1.79 bits per heavy atom. The van der Waals surface area contributed by atoms with Crippen molar-refractivity contribution in [3.63, 3.8) is 0 Å². The number of hydrogen-bond acceptors (Lipinski definition) is 2. The maximum absolute atomic E-state index is 3.63. The van der Waals surface area contributed by atoms with Gasteiger partial charge in [-0.1, -0.05) is 26.0 Å². The molecule has 2 rings (SSSR count). The van der Waals surface area contributed by atoms with Gasteiger partial charge in [-0.3, -0.25) is 0 Å². The molecule has 2 heteroatoms. The molecule has 0 amide bonds. The monoisotopic (exact) mass is 260 g/mol. The van der Waals surface area contributed by atoms with Gasteiger partial charge in [-0.15, -0.1) is 0 Å². The molecule has 0 atom stereocenters. The van der Waals surface area contributed by atoms with Crippen LogP contribution in [0.1, 0.15) is 52.0 Å². The van der Waals surface area contributed by atoms with Crippen LogP contribution in [0.2, 0.25) is 0 Å². The lowest BCUT2D eigenvalue weighted by molar-refractivity contribution is 0.347. The molecule has 0 aliphatic carbocycles. The van der Waals surface area contributed by atoms with Gasteiger partial charge in [-0.25, -0.2) is 0 Å². The van der Waals surface area contributed by atoms with E-state index in [1.165, 1.54) is 24.1 Å². The van der Waals surface area contributed by atoms with Crippen LogP contribution in [-0.4, -0.2) is 25.2 Å². The van der Waals surface area contributed by atoms with Crippen molar-refractivity contribution >= 4 is 5.69 Å². The van der Waals surface area contributed by atoms with Crippen molar-refractivity contribution in [2.75, 3.05) is 24.5 Å². The highest BCUT2D eigenvalue weighted by Crippen LogP contribution is 2.22. The van der Waals surface area contributed by atoms with Gasteiger partial charge < -0.3 is 10.2 Å². The number of hydrogen-bond donors (Lipinski definition) is 1. The molecule has 1 aromatic rings. The summed E-state index contributed by atoms with van der Waals surface area (Å²) < 4.78 is 0. The van der Waals surface area contributed by atoms with E-state index in [0.29, 0.717) is 5.92 Å². The molecule has 106 valence electrons. The van der Waals surface area contributed by atoms with Crippen molar-refractivity contribution in [2.45, 2.75) is 52.0 Å². The summed E-state index contributed by atoms with van der Waals surface area (Å²) in [7, 11) is 0. The van der Waals surface area contributed by atoms with Gasteiger partial charge >= 0.3 is 0 Å². The summed E-state index contributed by atoms with van der Waals surface area (Å²) in [6, 6.07) is 9.14. The summed E-state index contributed by atoms with van der Waals surface area (Å²) in [6.07, 6.45) is 2.41. The normalized spacial score (nSPS) is 20.2. The number of nitrogens with one attached hydrogen (secondary N) is 1. The van der Waals surface area contributed by atoms with E-state index in [9.17, 15) is 0 Å². The van der Waals surface area contributed by atoms with E-state index in [4.69, 9.17) is 0 Å². The van der Waals surface area contributed by atoms with E-state index in [2.05, 4.69) is 62.2 Å². The zero-order chi connectivity index (χ0) is 13.9. The fraction of sp³-hybridized carbons (Fsp3) is 0.647. The second kappa shape index (κ2) is 5.96. The zero-order valence-corrected chi connectivity index (χ0v) is 12.9. The fourth-order valence-electron chi connectivity index (χ4n) is 2.64. The van der Waals surface area contributed by atoms with Crippen LogP contribution in [0.3, 0.4) is 0 Å². The molecule has 0 spiro atoms. The van der Waals surface area contributed by atoms with Crippen LogP contribution in [0.25, 0.3) is 0 Å². The molecule has 1 aliphatic heterocycles. The lowest BCUT2D eigenvalue weighted by Crippen LogP contribution is -2.46. The van der Waals surface area contributed by atoms with Crippen molar-refractivity contribution in [2.24, 2.45) is 0 Å². The second-order valence-electron chi connectivity index (χ2n) is 6.65. The molecule has 1 N–H and O–H groups in total. The molecule has 0 bridgehead atoms. The molecule has 0 aromatic heterocycles. The van der Waals surface area contributed by atoms with E-state index in [1.54, 1.807) is 0 Å². The number of rotatable bonds is 2. The molecule has 1 aromatic carbocycles. The van der Waals surface area contributed by atoms with E-state index in [-0.39, 0.29) is 5.54 Å². The van der Waals surface area contributed by atoms with Crippen LogP contribution in [0.5, 0.6) is 0 Å². The quantitative estimate of drug-likeness (QED) is 0.870. The minimum Gasteiger partial charge on any atom is -0.371 e. The minimum absolute atomic E-state index is 0.260. The fourth-order valence-corrected chi connectivity index (χ4v) is 2.64. The maximum atomic E-state index is 3.63. The third-order valence-corrected chi connectivity index (χ3v) is 4.14. The minimum atomic E-state index is 0.260. The highest BCUT2D eigenvalue weighted by molar-refractivity contribution is 5.48. The van der Waals surface area contributed by atoms with Crippen LogP contribution < -0.4 is 10.2 Å². The molecule has 1 saturated heterocycles. The first-order chi connectivity index (χ1) is 8.98. The Morgan fingerprint density at radius 3 is 2.42 bits per heavy atom. The molecular formula is C17H28N2. The lowest BCUT2D eigenvalue weighted by atomic mass is 9.98. The molecule has 19 heavy (non-hydrogen) atoms. The molecular weight excluding hydrogens is 232 g/mol. The Morgan fingerprint density at radius 1 is 1.11 bits per heavy atom. The predicted molar refractivity (Wildman–Crippen MR) is 84.1 cm³/mol. The Labute approximate surface area is 118 Å².